The van der Waals surface area contributed by atoms with E-state index in [-0.39, 0.29) is 11.8 Å². The van der Waals surface area contributed by atoms with Crippen LogP contribution in [0.2, 0.25) is 5.02 Å². The van der Waals surface area contributed by atoms with Crippen molar-refractivity contribution in [3.05, 3.63) is 83.0 Å². The van der Waals surface area contributed by atoms with Gasteiger partial charge in [0.1, 0.15) is 0 Å². The standard InChI is InChI=1S/C20H18ClN3O/c21-16-8-6-14(7-9-16)13-24-11-10-19(23-24)22-20(25)18-12-17(18)15-4-2-1-3-5-15/h1-11,17-18H,12-13H2,(H,22,23,25)/t17-,18+/m1/s1. The van der Waals surface area contributed by atoms with Gasteiger partial charge in [0.2, 0.25) is 5.91 Å². The zero-order valence-electron chi connectivity index (χ0n) is 13.6. The van der Waals surface area contributed by atoms with Gasteiger partial charge in [0, 0.05) is 23.2 Å². The Morgan fingerprint density at radius 1 is 1.12 bits per heavy atom. The van der Waals surface area contributed by atoms with Crippen LogP contribution in [0.25, 0.3) is 0 Å². The molecule has 126 valence electrons. The number of nitrogens with zero attached hydrogens (tertiary/aromatic N) is 2. The van der Waals surface area contributed by atoms with Crippen LogP contribution in [0.15, 0.2) is 66.9 Å². The minimum Gasteiger partial charge on any atom is -0.309 e. The molecule has 0 spiro atoms. The van der Waals surface area contributed by atoms with Gasteiger partial charge in [0.25, 0.3) is 0 Å². The maximum Gasteiger partial charge on any atom is 0.229 e. The van der Waals surface area contributed by atoms with Crippen molar-refractivity contribution in [3.8, 4) is 0 Å². The van der Waals surface area contributed by atoms with Gasteiger partial charge >= 0.3 is 0 Å². The van der Waals surface area contributed by atoms with Crippen LogP contribution in [0, 0.1) is 5.92 Å². The largest absolute Gasteiger partial charge is 0.309 e. The first-order valence-corrected chi connectivity index (χ1v) is 8.70. The summed E-state index contributed by atoms with van der Waals surface area (Å²) in [6, 6.07) is 19.7. The first-order valence-electron chi connectivity index (χ1n) is 8.33. The molecule has 4 nitrogen and oxygen atoms in total. The molecule has 4 rings (SSSR count). The molecule has 3 aromatic rings. The lowest BCUT2D eigenvalue weighted by molar-refractivity contribution is -0.117. The molecule has 1 N–H and O–H groups in total. The zero-order chi connectivity index (χ0) is 17.2. The highest BCUT2D eigenvalue weighted by molar-refractivity contribution is 6.30. The lowest BCUT2D eigenvalue weighted by Gasteiger charge is -2.03. The maximum absolute atomic E-state index is 12.4. The summed E-state index contributed by atoms with van der Waals surface area (Å²) >= 11 is 5.90. The molecule has 1 heterocycles. The first kappa shape index (κ1) is 15.9. The number of rotatable bonds is 5. The highest BCUT2D eigenvalue weighted by Crippen LogP contribution is 2.47. The smallest absolute Gasteiger partial charge is 0.229 e. The van der Waals surface area contributed by atoms with Crippen LogP contribution in [0.4, 0.5) is 5.82 Å². The Kier molecular flexibility index (Phi) is 4.28. The molecule has 0 aliphatic heterocycles. The van der Waals surface area contributed by atoms with E-state index in [0.29, 0.717) is 18.3 Å². The van der Waals surface area contributed by atoms with E-state index in [0.717, 1.165) is 17.0 Å². The van der Waals surface area contributed by atoms with Gasteiger partial charge in [-0.25, -0.2) is 0 Å². The van der Waals surface area contributed by atoms with Crippen LogP contribution in [-0.2, 0) is 11.3 Å². The van der Waals surface area contributed by atoms with Gasteiger partial charge in [-0.2, -0.15) is 5.10 Å². The predicted molar refractivity (Wildman–Crippen MR) is 98.7 cm³/mol. The van der Waals surface area contributed by atoms with E-state index in [4.69, 9.17) is 11.6 Å². The van der Waals surface area contributed by atoms with E-state index in [1.165, 1.54) is 5.56 Å². The van der Waals surface area contributed by atoms with E-state index >= 15 is 0 Å². The molecule has 5 heteroatoms. The third-order valence-electron chi connectivity index (χ3n) is 4.50. The molecular formula is C20H18ClN3O. The van der Waals surface area contributed by atoms with Gasteiger partial charge in [-0.3, -0.25) is 9.48 Å². The summed E-state index contributed by atoms with van der Waals surface area (Å²) < 4.78 is 1.81. The van der Waals surface area contributed by atoms with E-state index in [9.17, 15) is 4.79 Å². The highest BCUT2D eigenvalue weighted by atomic mass is 35.5. The summed E-state index contributed by atoms with van der Waals surface area (Å²) in [5, 5.41) is 8.07. The van der Waals surface area contributed by atoms with Crippen molar-refractivity contribution in [2.45, 2.75) is 18.9 Å². The first-order chi connectivity index (χ1) is 12.2. The van der Waals surface area contributed by atoms with E-state index < -0.39 is 0 Å². The van der Waals surface area contributed by atoms with Crippen molar-refractivity contribution in [2.24, 2.45) is 5.92 Å². The minimum atomic E-state index is 0.0452. The number of carbonyl (C=O) groups excluding carboxylic acids is 1. The fourth-order valence-corrected chi connectivity index (χ4v) is 3.19. The second kappa shape index (κ2) is 6.73. The number of anilines is 1. The number of amides is 1. The topological polar surface area (TPSA) is 46.9 Å². The number of hydrogen-bond acceptors (Lipinski definition) is 2. The SMILES string of the molecule is O=C(Nc1ccn(Cc2ccc(Cl)cc2)n1)[C@H]1C[C@@H]1c1ccccc1. The van der Waals surface area contributed by atoms with Crippen molar-refractivity contribution in [3.63, 3.8) is 0 Å². The molecule has 0 radical (unpaired) electrons. The predicted octanol–water partition coefficient (Wildman–Crippen LogP) is 4.33. The van der Waals surface area contributed by atoms with Crippen molar-refractivity contribution >= 4 is 23.3 Å². The van der Waals surface area contributed by atoms with Gasteiger partial charge in [-0.1, -0.05) is 54.1 Å². The Bertz CT molecular complexity index is 873. The lowest BCUT2D eigenvalue weighted by Crippen LogP contribution is -2.15. The molecular weight excluding hydrogens is 334 g/mol. The van der Waals surface area contributed by atoms with Crippen LogP contribution in [0.1, 0.15) is 23.5 Å². The summed E-state index contributed by atoms with van der Waals surface area (Å²) in [5.41, 5.74) is 2.34. The number of aromatic nitrogens is 2. The minimum absolute atomic E-state index is 0.0452. The molecule has 25 heavy (non-hydrogen) atoms. The molecule has 2 atom stereocenters. The average Bonchev–Trinajstić information content (AvgIpc) is 3.33. The van der Waals surface area contributed by atoms with Crippen LogP contribution in [0.5, 0.6) is 0 Å². The normalized spacial score (nSPS) is 18.8. The Morgan fingerprint density at radius 3 is 2.64 bits per heavy atom. The highest BCUT2D eigenvalue weighted by Gasteiger charge is 2.43. The Balaban J connectivity index is 1.35. The van der Waals surface area contributed by atoms with E-state index in [1.54, 1.807) is 4.68 Å². The average molecular weight is 352 g/mol. The number of nitrogens with one attached hydrogen (secondary N) is 1. The number of hydrogen-bond donors (Lipinski definition) is 1. The monoisotopic (exact) mass is 351 g/mol. The summed E-state index contributed by atoms with van der Waals surface area (Å²) in [6.07, 6.45) is 2.77. The van der Waals surface area contributed by atoms with Gasteiger partial charge in [0.05, 0.1) is 6.54 Å². The third kappa shape index (κ3) is 3.74. The Morgan fingerprint density at radius 2 is 1.88 bits per heavy atom. The molecule has 0 saturated heterocycles. The number of halogens is 1. The second-order valence-corrected chi connectivity index (χ2v) is 6.81. The van der Waals surface area contributed by atoms with E-state index in [2.05, 4.69) is 22.5 Å². The molecule has 1 aromatic heterocycles. The molecule has 1 amide bonds. The molecule has 1 saturated carbocycles. The maximum atomic E-state index is 12.4. The van der Waals surface area contributed by atoms with Crippen LogP contribution >= 0.6 is 11.6 Å². The number of carbonyl (C=O) groups is 1. The van der Waals surface area contributed by atoms with Crippen molar-refractivity contribution in [2.75, 3.05) is 5.32 Å². The van der Waals surface area contributed by atoms with Gasteiger partial charge in [-0.15, -0.1) is 0 Å². The lowest BCUT2D eigenvalue weighted by atomic mass is 10.1. The third-order valence-corrected chi connectivity index (χ3v) is 4.76. The van der Waals surface area contributed by atoms with Crippen LogP contribution in [0.3, 0.4) is 0 Å². The van der Waals surface area contributed by atoms with Crippen molar-refractivity contribution in [1.82, 2.24) is 9.78 Å². The van der Waals surface area contributed by atoms with Gasteiger partial charge in [-0.05, 0) is 35.6 Å². The van der Waals surface area contributed by atoms with Crippen LogP contribution < -0.4 is 5.32 Å². The molecule has 1 aliphatic rings. The summed E-state index contributed by atoms with van der Waals surface area (Å²) in [5.74, 6) is 1.02. The number of benzene rings is 2. The van der Waals surface area contributed by atoms with Crippen molar-refractivity contribution in [1.29, 1.82) is 0 Å². The summed E-state index contributed by atoms with van der Waals surface area (Å²) in [4.78, 5) is 12.4. The molecule has 2 aromatic carbocycles. The van der Waals surface area contributed by atoms with Crippen LogP contribution in [-0.4, -0.2) is 15.7 Å². The van der Waals surface area contributed by atoms with Crippen molar-refractivity contribution < 1.29 is 4.79 Å². The van der Waals surface area contributed by atoms with Gasteiger partial charge < -0.3 is 5.32 Å². The summed E-state index contributed by atoms with van der Waals surface area (Å²) in [6.45, 7) is 0.642. The molecule has 0 bridgehead atoms. The Labute approximate surface area is 151 Å². The fraction of sp³-hybridized carbons (Fsp3) is 0.200. The molecule has 1 fully saturated rings. The molecule has 1 aliphatic carbocycles. The Hall–Kier alpha value is -2.59. The summed E-state index contributed by atoms with van der Waals surface area (Å²) in [7, 11) is 0. The quantitative estimate of drug-likeness (QED) is 0.743. The fourth-order valence-electron chi connectivity index (χ4n) is 3.07. The van der Waals surface area contributed by atoms with Gasteiger partial charge in [0.15, 0.2) is 5.82 Å². The zero-order valence-corrected chi connectivity index (χ0v) is 14.4. The molecule has 0 unspecified atom stereocenters. The second-order valence-electron chi connectivity index (χ2n) is 6.37. The van der Waals surface area contributed by atoms with E-state index in [1.807, 2.05) is 54.7 Å².